The number of primary amides is 1. The summed E-state index contributed by atoms with van der Waals surface area (Å²) in [7, 11) is 1.68. The Morgan fingerprint density at radius 1 is 1.36 bits per heavy atom. The molecule has 1 heterocycles. The Morgan fingerprint density at radius 2 is 1.96 bits per heavy atom. The quantitative estimate of drug-likeness (QED) is 0.834. The first-order valence-corrected chi connectivity index (χ1v) is 7.62. The minimum absolute atomic E-state index is 0.250. The fraction of sp³-hybridized carbons (Fsp3) is 0.294. The number of rotatable bonds is 4. The van der Waals surface area contributed by atoms with E-state index in [9.17, 15) is 4.79 Å². The first-order valence-electron chi connectivity index (χ1n) is 7.24. The van der Waals surface area contributed by atoms with Crippen LogP contribution in [0, 0.1) is 6.92 Å². The standard InChI is InChI=1S/C8H10O.C7H9ClN2O.CH3NO.CH2O/c1-7-4-3-5-8(6-7)9-2;1-2-3-10-5-9-6(4-11)7(10)8;2-1-3;1-2/h3-6H,1-2H3;4-5H,2-3H2,1H3;1H,(H2,2,3);1H2. The smallest absolute Gasteiger partial charge is 0.204 e. The predicted molar refractivity (Wildman–Crippen MR) is 98.0 cm³/mol. The average molecular weight is 370 g/mol. The summed E-state index contributed by atoms with van der Waals surface area (Å²) in [4.78, 5) is 30.7. The number of imidazole rings is 1. The largest absolute Gasteiger partial charge is 0.497 e. The molecule has 0 spiro atoms. The first-order chi connectivity index (χ1) is 12.0. The number of benzene rings is 1. The van der Waals surface area contributed by atoms with Gasteiger partial charge in [0.25, 0.3) is 0 Å². The summed E-state index contributed by atoms with van der Waals surface area (Å²) in [5, 5.41) is 0.432. The van der Waals surface area contributed by atoms with Crippen LogP contribution in [0.25, 0.3) is 0 Å². The zero-order valence-electron chi connectivity index (χ0n) is 14.6. The third-order valence-corrected chi connectivity index (χ3v) is 3.01. The summed E-state index contributed by atoms with van der Waals surface area (Å²) in [6.45, 7) is 6.89. The van der Waals surface area contributed by atoms with E-state index in [0.717, 1.165) is 18.7 Å². The molecule has 0 aliphatic rings. The Hall–Kier alpha value is -2.67. The van der Waals surface area contributed by atoms with Gasteiger partial charge in [0.1, 0.15) is 23.4 Å². The molecule has 0 aliphatic heterocycles. The van der Waals surface area contributed by atoms with Crippen LogP contribution in [0.4, 0.5) is 0 Å². The Morgan fingerprint density at radius 3 is 2.32 bits per heavy atom. The van der Waals surface area contributed by atoms with Crippen molar-refractivity contribution in [2.24, 2.45) is 5.73 Å². The lowest BCUT2D eigenvalue weighted by Crippen LogP contribution is -1.94. The lowest BCUT2D eigenvalue weighted by molar-refractivity contribution is -0.107. The number of hydrogen-bond donors (Lipinski definition) is 1. The van der Waals surface area contributed by atoms with Gasteiger partial charge in [-0.3, -0.25) is 9.59 Å². The minimum atomic E-state index is 0.250. The molecule has 7 nitrogen and oxygen atoms in total. The van der Waals surface area contributed by atoms with Crippen LogP contribution in [0.3, 0.4) is 0 Å². The number of carbonyl (C=O) groups excluding carboxylic acids is 3. The highest BCUT2D eigenvalue weighted by atomic mass is 35.5. The molecular weight excluding hydrogens is 346 g/mol. The number of methoxy groups -OCH3 is 1. The number of carbonyl (C=O) groups is 3. The van der Waals surface area contributed by atoms with E-state index in [-0.39, 0.29) is 6.41 Å². The van der Waals surface area contributed by atoms with E-state index < -0.39 is 0 Å². The summed E-state index contributed by atoms with van der Waals surface area (Å²) in [6, 6.07) is 7.96. The monoisotopic (exact) mass is 369 g/mol. The number of aryl methyl sites for hydroxylation is 2. The summed E-state index contributed by atoms with van der Waals surface area (Å²) in [5.41, 5.74) is 5.72. The number of nitrogens with zero attached hydrogens (tertiary/aromatic N) is 2. The van der Waals surface area contributed by atoms with E-state index in [2.05, 4.69) is 10.7 Å². The number of ether oxygens (including phenoxy) is 1. The van der Waals surface area contributed by atoms with Crippen LogP contribution in [0.2, 0.25) is 5.15 Å². The van der Waals surface area contributed by atoms with Crippen molar-refractivity contribution >= 4 is 31.1 Å². The molecule has 2 aromatic rings. The second-order valence-electron chi connectivity index (χ2n) is 4.39. The van der Waals surface area contributed by atoms with Gasteiger partial charge in [-0.15, -0.1) is 0 Å². The molecule has 138 valence electrons. The van der Waals surface area contributed by atoms with E-state index in [1.807, 2.05) is 44.9 Å². The van der Waals surface area contributed by atoms with Crippen molar-refractivity contribution in [1.29, 1.82) is 0 Å². The highest BCUT2D eigenvalue weighted by molar-refractivity contribution is 6.31. The third kappa shape index (κ3) is 10.7. The van der Waals surface area contributed by atoms with Crippen LogP contribution in [-0.4, -0.2) is 36.1 Å². The molecule has 0 bridgehead atoms. The van der Waals surface area contributed by atoms with Crippen LogP contribution in [0.1, 0.15) is 29.4 Å². The van der Waals surface area contributed by atoms with Crippen molar-refractivity contribution in [3.05, 3.63) is 47.0 Å². The van der Waals surface area contributed by atoms with Gasteiger partial charge in [-0.05, 0) is 31.0 Å². The van der Waals surface area contributed by atoms with Crippen molar-refractivity contribution < 1.29 is 19.1 Å². The van der Waals surface area contributed by atoms with Gasteiger partial charge in [0, 0.05) is 6.54 Å². The van der Waals surface area contributed by atoms with Crippen molar-refractivity contribution in [3.63, 3.8) is 0 Å². The minimum Gasteiger partial charge on any atom is -0.497 e. The summed E-state index contributed by atoms with van der Waals surface area (Å²) in [6.07, 6.45) is 3.47. The molecule has 25 heavy (non-hydrogen) atoms. The van der Waals surface area contributed by atoms with Crippen LogP contribution < -0.4 is 10.5 Å². The normalized spacial score (nSPS) is 8.32. The Bertz CT molecular complexity index is 618. The molecule has 0 saturated carbocycles. The van der Waals surface area contributed by atoms with Gasteiger partial charge in [0.05, 0.1) is 13.4 Å². The highest BCUT2D eigenvalue weighted by Crippen LogP contribution is 2.12. The maximum absolute atomic E-state index is 10.3. The summed E-state index contributed by atoms with van der Waals surface area (Å²) in [5.74, 6) is 0.926. The van der Waals surface area contributed by atoms with Crippen LogP contribution >= 0.6 is 11.6 Å². The summed E-state index contributed by atoms with van der Waals surface area (Å²) >= 11 is 5.77. The number of aromatic nitrogens is 2. The van der Waals surface area contributed by atoms with Gasteiger partial charge < -0.3 is 19.8 Å². The van der Waals surface area contributed by atoms with E-state index in [4.69, 9.17) is 25.9 Å². The molecule has 0 fully saturated rings. The molecule has 0 radical (unpaired) electrons. The van der Waals surface area contributed by atoms with Gasteiger partial charge in [-0.2, -0.15) is 0 Å². The Kier molecular flexibility index (Phi) is 15.9. The second kappa shape index (κ2) is 16.2. The predicted octanol–water partition coefficient (Wildman–Crippen LogP) is 2.68. The molecule has 0 atom stereocenters. The highest BCUT2D eigenvalue weighted by Gasteiger charge is 2.05. The molecule has 1 amide bonds. The molecule has 8 heteroatoms. The lowest BCUT2D eigenvalue weighted by Gasteiger charge is -1.98. The number of hydrogen-bond acceptors (Lipinski definition) is 5. The van der Waals surface area contributed by atoms with Crippen molar-refractivity contribution in [1.82, 2.24) is 9.55 Å². The van der Waals surface area contributed by atoms with Crippen LogP contribution in [0.5, 0.6) is 5.75 Å². The van der Waals surface area contributed by atoms with Gasteiger partial charge in [0.15, 0.2) is 6.29 Å². The molecule has 0 aliphatic carbocycles. The molecule has 2 N–H and O–H groups in total. The fourth-order valence-corrected chi connectivity index (χ4v) is 1.82. The van der Waals surface area contributed by atoms with E-state index in [1.54, 1.807) is 18.0 Å². The molecular formula is C17H24ClN3O4. The average Bonchev–Trinajstić information content (AvgIpc) is 2.98. The van der Waals surface area contributed by atoms with E-state index >= 15 is 0 Å². The number of amides is 1. The molecule has 1 aromatic carbocycles. The number of halogens is 1. The Balaban J connectivity index is 0. The number of aldehydes is 1. The van der Waals surface area contributed by atoms with E-state index in [1.165, 1.54) is 5.56 Å². The van der Waals surface area contributed by atoms with Crippen molar-refractivity contribution in [2.75, 3.05) is 7.11 Å². The number of nitrogens with two attached hydrogens (primary N) is 1. The Labute approximate surface area is 152 Å². The van der Waals surface area contributed by atoms with Crippen molar-refractivity contribution in [2.45, 2.75) is 26.8 Å². The first kappa shape index (κ1) is 24.6. The zero-order chi connectivity index (χ0) is 19.7. The third-order valence-electron chi connectivity index (χ3n) is 2.60. The van der Waals surface area contributed by atoms with Crippen LogP contribution in [0.15, 0.2) is 30.6 Å². The molecule has 0 unspecified atom stereocenters. The molecule has 2 rings (SSSR count). The molecule has 0 saturated heterocycles. The maximum atomic E-state index is 10.3. The van der Waals surface area contributed by atoms with Gasteiger partial charge in [-0.25, -0.2) is 4.98 Å². The second-order valence-corrected chi connectivity index (χ2v) is 4.75. The van der Waals surface area contributed by atoms with E-state index in [0.29, 0.717) is 17.1 Å². The van der Waals surface area contributed by atoms with Gasteiger partial charge in [-0.1, -0.05) is 30.7 Å². The lowest BCUT2D eigenvalue weighted by atomic mass is 10.2. The van der Waals surface area contributed by atoms with Crippen LogP contribution in [-0.2, 0) is 16.1 Å². The van der Waals surface area contributed by atoms with Gasteiger partial charge in [0.2, 0.25) is 6.41 Å². The molecule has 1 aromatic heterocycles. The SMILES string of the molecule is C=O.CCCn1cnc(C=O)c1Cl.COc1cccc(C)c1.NC=O. The fourth-order valence-electron chi connectivity index (χ4n) is 1.60. The topological polar surface area (TPSA) is 104 Å². The zero-order valence-corrected chi connectivity index (χ0v) is 15.4. The van der Waals surface area contributed by atoms with Crippen molar-refractivity contribution in [3.8, 4) is 5.75 Å². The summed E-state index contributed by atoms with van der Waals surface area (Å²) < 4.78 is 6.75. The van der Waals surface area contributed by atoms with Gasteiger partial charge >= 0.3 is 0 Å². The maximum Gasteiger partial charge on any atom is 0.204 e.